The molecule has 3 aliphatic rings. The Hall–Kier alpha value is -2.01. The fourth-order valence-corrected chi connectivity index (χ4v) is 6.22. The maximum absolute atomic E-state index is 12.9. The Bertz CT molecular complexity index is 1020. The molecule has 1 aromatic rings. The van der Waals surface area contributed by atoms with Gasteiger partial charge in [-0.1, -0.05) is 17.7 Å². The van der Waals surface area contributed by atoms with Crippen LogP contribution >= 0.6 is 11.6 Å². The third-order valence-electron chi connectivity index (χ3n) is 6.28. The first-order valence-corrected chi connectivity index (χ1v) is 12.1. The molecule has 1 spiro atoms. The van der Waals surface area contributed by atoms with Crippen LogP contribution in [0.5, 0.6) is 0 Å². The lowest BCUT2D eigenvalue weighted by atomic mass is 9.89. The second-order valence-corrected chi connectivity index (χ2v) is 10.6. The highest BCUT2D eigenvalue weighted by atomic mass is 35.5. The predicted molar refractivity (Wildman–Crippen MR) is 114 cm³/mol. The van der Waals surface area contributed by atoms with Gasteiger partial charge in [-0.25, -0.2) is 8.42 Å². The zero-order chi connectivity index (χ0) is 22.2. The van der Waals surface area contributed by atoms with Crippen LogP contribution in [0, 0.1) is 5.92 Å². The normalized spacial score (nSPS) is 24.2. The Kier molecular flexibility index (Phi) is 6.08. The van der Waals surface area contributed by atoms with Crippen molar-refractivity contribution in [2.45, 2.75) is 36.1 Å². The number of hydrogen-bond acceptors (Lipinski definition) is 6. The number of halogens is 1. The van der Waals surface area contributed by atoms with Gasteiger partial charge in [-0.3, -0.25) is 14.6 Å². The SMILES string of the molecule is O=C(CO)N1CCCC(C2=NC3(CCN(S(=O)(=O)c4cccc(Cl)c4)CC3)C(=O)N2)C1. The molecule has 11 heteroatoms. The van der Waals surface area contributed by atoms with Gasteiger partial charge in [0.25, 0.3) is 5.91 Å². The number of piperidine rings is 2. The van der Waals surface area contributed by atoms with Crippen molar-refractivity contribution < 1.29 is 23.1 Å². The molecule has 3 aliphatic heterocycles. The van der Waals surface area contributed by atoms with Gasteiger partial charge in [0.2, 0.25) is 15.9 Å². The molecule has 9 nitrogen and oxygen atoms in total. The Balaban J connectivity index is 1.47. The molecule has 0 bridgehead atoms. The number of nitrogens with one attached hydrogen (secondary N) is 1. The Morgan fingerprint density at radius 1 is 1.29 bits per heavy atom. The maximum Gasteiger partial charge on any atom is 0.253 e. The molecule has 0 radical (unpaired) electrons. The number of aliphatic hydroxyl groups is 1. The number of amidine groups is 1. The molecule has 1 unspecified atom stereocenters. The average Bonchev–Trinajstić information content (AvgIpc) is 3.09. The summed E-state index contributed by atoms with van der Waals surface area (Å²) in [4.78, 5) is 31.1. The number of rotatable bonds is 4. The lowest BCUT2D eigenvalue weighted by molar-refractivity contribution is -0.135. The number of nitrogens with zero attached hydrogens (tertiary/aromatic N) is 3. The summed E-state index contributed by atoms with van der Waals surface area (Å²) in [6.07, 6.45) is 2.13. The third kappa shape index (κ3) is 4.21. The molecule has 0 saturated carbocycles. The molecule has 0 aliphatic carbocycles. The van der Waals surface area contributed by atoms with Crippen molar-refractivity contribution in [3.63, 3.8) is 0 Å². The van der Waals surface area contributed by atoms with Gasteiger partial charge in [0.05, 0.1) is 4.90 Å². The first-order valence-electron chi connectivity index (χ1n) is 10.3. The van der Waals surface area contributed by atoms with Crippen molar-refractivity contribution in [2.24, 2.45) is 10.9 Å². The zero-order valence-corrected chi connectivity index (χ0v) is 18.5. The summed E-state index contributed by atoms with van der Waals surface area (Å²) >= 11 is 5.94. The van der Waals surface area contributed by atoms with Crippen LogP contribution < -0.4 is 5.32 Å². The number of aliphatic imine (C=N–C) groups is 1. The molecular formula is C20H25ClN4O5S. The van der Waals surface area contributed by atoms with Crippen molar-refractivity contribution in [2.75, 3.05) is 32.8 Å². The largest absolute Gasteiger partial charge is 0.387 e. The Morgan fingerprint density at radius 2 is 2.03 bits per heavy atom. The first-order chi connectivity index (χ1) is 14.7. The number of likely N-dealkylation sites (tertiary alicyclic amines) is 1. The van der Waals surface area contributed by atoms with Crippen molar-refractivity contribution in [3.05, 3.63) is 29.3 Å². The number of amides is 2. The van der Waals surface area contributed by atoms with Gasteiger partial charge in [0, 0.05) is 37.1 Å². The summed E-state index contributed by atoms with van der Waals surface area (Å²) in [6.45, 7) is 0.812. The molecule has 2 saturated heterocycles. The molecule has 3 heterocycles. The van der Waals surface area contributed by atoms with E-state index in [2.05, 4.69) is 5.32 Å². The summed E-state index contributed by atoms with van der Waals surface area (Å²) in [5, 5.41) is 12.3. The number of sulfonamides is 1. The monoisotopic (exact) mass is 468 g/mol. The lowest BCUT2D eigenvalue weighted by Gasteiger charge is -2.34. The van der Waals surface area contributed by atoms with Gasteiger partial charge in [0.15, 0.2) is 0 Å². The molecule has 2 amide bonds. The van der Waals surface area contributed by atoms with E-state index < -0.39 is 22.2 Å². The molecule has 1 aromatic carbocycles. The molecule has 0 aromatic heterocycles. The Labute approximate surface area is 186 Å². The number of hydrogen-bond donors (Lipinski definition) is 2. The molecule has 4 rings (SSSR count). The van der Waals surface area contributed by atoms with Crippen LogP contribution in [0.3, 0.4) is 0 Å². The van der Waals surface area contributed by atoms with Crippen molar-refractivity contribution in [1.82, 2.24) is 14.5 Å². The van der Waals surface area contributed by atoms with Crippen LogP contribution in [0.25, 0.3) is 0 Å². The highest BCUT2D eigenvalue weighted by Gasteiger charge is 2.48. The van der Waals surface area contributed by atoms with Crippen LogP contribution in [0.4, 0.5) is 0 Å². The topological polar surface area (TPSA) is 119 Å². The van der Waals surface area contributed by atoms with Crippen LogP contribution in [0.2, 0.25) is 5.02 Å². The van der Waals surface area contributed by atoms with E-state index in [0.717, 1.165) is 12.8 Å². The minimum absolute atomic E-state index is 0.0965. The highest BCUT2D eigenvalue weighted by molar-refractivity contribution is 7.89. The molecule has 2 N–H and O–H groups in total. The van der Waals surface area contributed by atoms with Crippen LogP contribution in [-0.2, 0) is 19.6 Å². The molecule has 1 atom stereocenters. The zero-order valence-electron chi connectivity index (χ0n) is 17.0. The summed E-state index contributed by atoms with van der Waals surface area (Å²) < 4.78 is 27.2. The van der Waals surface area contributed by atoms with Gasteiger partial charge in [-0.05, 0) is 43.9 Å². The smallest absolute Gasteiger partial charge is 0.253 e. The van der Waals surface area contributed by atoms with E-state index in [-0.39, 0.29) is 48.6 Å². The van der Waals surface area contributed by atoms with E-state index in [1.807, 2.05) is 0 Å². The standard InChI is InChI=1S/C20H25ClN4O5S/c21-15-4-1-5-16(11-15)31(29,30)25-9-6-20(7-10-25)19(28)22-18(23-20)14-3-2-8-24(12-14)17(27)13-26/h1,4-5,11,14,26H,2-3,6-10,12-13H2,(H,22,23,28). The van der Waals surface area contributed by atoms with E-state index in [1.54, 1.807) is 17.0 Å². The van der Waals surface area contributed by atoms with Crippen molar-refractivity contribution >= 4 is 39.3 Å². The van der Waals surface area contributed by atoms with Crippen LogP contribution in [0.1, 0.15) is 25.7 Å². The van der Waals surface area contributed by atoms with E-state index >= 15 is 0 Å². The average molecular weight is 469 g/mol. The number of carbonyl (C=O) groups excluding carboxylic acids is 2. The summed E-state index contributed by atoms with van der Waals surface area (Å²) in [7, 11) is -3.70. The van der Waals surface area contributed by atoms with E-state index in [0.29, 0.717) is 23.9 Å². The van der Waals surface area contributed by atoms with E-state index in [9.17, 15) is 18.0 Å². The molecule has 31 heavy (non-hydrogen) atoms. The fraction of sp³-hybridized carbons (Fsp3) is 0.550. The summed E-state index contributed by atoms with van der Waals surface area (Å²) in [5.41, 5.74) is -0.973. The lowest BCUT2D eigenvalue weighted by Crippen LogP contribution is -2.50. The van der Waals surface area contributed by atoms with Crippen molar-refractivity contribution in [1.29, 1.82) is 0 Å². The van der Waals surface area contributed by atoms with Crippen molar-refractivity contribution in [3.8, 4) is 0 Å². The first kappa shape index (κ1) is 22.2. The van der Waals surface area contributed by atoms with Gasteiger partial charge in [-0.15, -0.1) is 0 Å². The van der Waals surface area contributed by atoms with Crippen LogP contribution in [-0.4, -0.2) is 78.7 Å². The number of carbonyl (C=O) groups is 2. The van der Waals surface area contributed by atoms with Gasteiger partial charge in [-0.2, -0.15) is 4.31 Å². The quantitative estimate of drug-likeness (QED) is 0.671. The number of aliphatic hydroxyl groups excluding tert-OH is 1. The Morgan fingerprint density at radius 3 is 2.71 bits per heavy atom. The molecular weight excluding hydrogens is 444 g/mol. The van der Waals surface area contributed by atoms with Gasteiger partial charge in [0.1, 0.15) is 18.0 Å². The summed E-state index contributed by atoms with van der Waals surface area (Å²) in [6, 6.07) is 6.14. The van der Waals surface area contributed by atoms with Crippen LogP contribution in [0.15, 0.2) is 34.2 Å². The van der Waals surface area contributed by atoms with E-state index in [4.69, 9.17) is 21.7 Å². The summed E-state index contributed by atoms with van der Waals surface area (Å²) in [5.74, 6) is -0.0795. The molecule has 2 fully saturated rings. The second-order valence-electron chi connectivity index (χ2n) is 8.18. The maximum atomic E-state index is 12.9. The predicted octanol–water partition coefficient (Wildman–Crippen LogP) is 0.622. The highest BCUT2D eigenvalue weighted by Crippen LogP contribution is 2.34. The third-order valence-corrected chi connectivity index (χ3v) is 8.41. The minimum Gasteiger partial charge on any atom is -0.387 e. The van der Waals surface area contributed by atoms with E-state index in [1.165, 1.54) is 16.4 Å². The van der Waals surface area contributed by atoms with Gasteiger partial charge < -0.3 is 15.3 Å². The number of benzene rings is 1. The minimum atomic E-state index is -3.70. The fourth-order valence-electron chi connectivity index (χ4n) is 4.47. The second kappa shape index (κ2) is 8.50. The van der Waals surface area contributed by atoms with Gasteiger partial charge >= 0.3 is 0 Å². The molecule has 168 valence electrons.